The predicted molar refractivity (Wildman–Crippen MR) is 60.3 cm³/mol. The molecule has 1 aliphatic rings. The van der Waals surface area contributed by atoms with E-state index in [0.717, 1.165) is 0 Å². The first-order chi connectivity index (χ1) is 7.58. The van der Waals surface area contributed by atoms with Crippen LogP contribution in [0.5, 0.6) is 0 Å². The lowest BCUT2D eigenvalue weighted by Crippen LogP contribution is -2.23. The molecule has 0 amide bonds. The molecule has 1 aromatic carbocycles. The van der Waals surface area contributed by atoms with Crippen molar-refractivity contribution in [3.8, 4) is 6.07 Å². The summed E-state index contributed by atoms with van der Waals surface area (Å²) in [6.07, 6.45) is 1.90. The van der Waals surface area contributed by atoms with Gasteiger partial charge in [0.05, 0.1) is 11.0 Å². The van der Waals surface area contributed by atoms with E-state index in [4.69, 9.17) is 5.26 Å². The number of nitrogens with zero attached hydrogens (tertiary/aromatic N) is 1. The van der Waals surface area contributed by atoms with E-state index in [9.17, 15) is 8.42 Å². The normalized spacial score (nSPS) is 28.1. The second-order valence-corrected chi connectivity index (χ2v) is 6.07. The van der Waals surface area contributed by atoms with Crippen molar-refractivity contribution in [1.82, 2.24) is 0 Å². The standard InChI is InChI=1S/C12H11NO2S/c1-2-10-8-12(10,9-13)16(14,15)11-6-4-3-5-7-11/h2-7,10H,1,8H2/t10-,12+/m0/s1. The zero-order chi connectivity index (χ0) is 11.8. The van der Waals surface area contributed by atoms with Crippen LogP contribution in [0.3, 0.4) is 0 Å². The Morgan fingerprint density at radius 1 is 1.44 bits per heavy atom. The highest BCUT2D eigenvalue weighted by molar-refractivity contribution is 7.93. The third kappa shape index (κ3) is 1.29. The molecular formula is C12H11NO2S. The number of allylic oxidation sites excluding steroid dienone is 1. The molecule has 0 radical (unpaired) electrons. The highest BCUT2D eigenvalue weighted by atomic mass is 32.2. The average molecular weight is 233 g/mol. The van der Waals surface area contributed by atoms with Gasteiger partial charge in [-0.3, -0.25) is 0 Å². The van der Waals surface area contributed by atoms with Crippen molar-refractivity contribution in [3.05, 3.63) is 43.0 Å². The molecule has 0 aliphatic heterocycles. The van der Waals surface area contributed by atoms with Crippen LogP contribution in [0.1, 0.15) is 6.42 Å². The van der Waals surface area contributed by atoms with Gasteiger partial charge >= 0.3 is 0 Å². The lowest BCUT2D eigenvalue weighted by Gasteiger charge is -2.09. The zero-order valence-corrected chi connectivity index (χ0v) is 9.44. The van der Waals surface area contributed by atoms with Crippen molar-refractivity contribution in [1.29, 1.82) is 5.26 Å². The van der Waals surface area contributed by atoms with Gasteiger partial charge in [-0.1, -0.05) is 24.3 Å². The van der Waals surface area contributed by atoms with Crippen LogP contribution in [-0.2, 0) is 9.84 Å². The number of nitriles is 1. The van der Waals surface area contributed by atoms with E-state index in [-0.39, 0.29) is 10.8 Å². The van der Waals surface area contributed by atoms with Gasteiger partial charge < -0.3 is 0 Å². The van der Waals surface area contributed by atoms with E-state index in [1.807, 2.05) is 6.07 Å². The molecule has 0 N–H and O–H groups in total. The van der Waals surface area contributed by atoms with E-state index in [0.29, 0.717) is 6.42 Å². The van der Waals surface area contributed by atoms with E-state index in [1.165, 1.54) is 12.1 Å². The fraction of sp³-hybridized carbons (Fsp3) is 0.250. The fourth-order valence-electron chi connectivity index (χ4n) is 1.85. The highest BCUT2D eigenvalue weighted by Crippen LogP contribution is 2.52. The summed E-state index contributed by atoms with van der Waals surface area (Å²) < 4.78 is 23.2. The first-order valence-electron chi connectivity index (χ1n) is 4.92. The van der Waals surface area contributed by atoms with Gasteiger partial charge in [0.25, 0.3) is 0 Å². The summed E-state index contributed by atoms with van der Waals surface area (Å²) in [6, 6.07) is 10.0. The average Bonchev–Trinajstić information content (AvgIpc) is 3.05. The smallest absolute Gasteiger partial charge is 0.198 e. The molecule has 0 unspecified atom stereocenters. The molecule has 3 nitrogen and oxygen atoms in total. The van der Waals surface area contributed by atoms with Crippen molar-refractivity contribution in [2.24, 2.45) is 5.92 Å². The molecule has 0 aromatic heterocycles. The Morgan fingerprint density at radius 3 is 2.50 bits per heavy atom. The van der Waals surface area contributed by atoms with Gasteiger partial charge in [-0.15, -0.1) is 6.58 Å². The lowest BCUT2D eigenvalue weighted by molar-refractivity contribution is 0.586. The van der Waals surface area contributed by atoms with Crippen molar-refractivity contribution < 1.29 is 8.42 Å². The molecule has 1 aromatic rings. The van der Waals surface area contributed by atoms with E-state index in [2.05, 4.69) is 6.58 Å². The number of hydrogen-bond donors (Lipinski definition) is 0. The molecule has 4 heteroatoms. The molecule has 2 rings (SSSR count). The summed E-state index contributed by atoms with van der Waals surface area (Å²) >= 11 is 0. The van der Waals surface area contributed by atoms with Gasteiger partial charge in [0.2, 0.25) is 0 Å². The number of rotatable bonds is 3. The highest BCUT2D eigenvalue weighted by Gasteiger charge is 2.63. The molecular weight excluding hydrogens is 222 g/mol. The fourth-order valence-corrected chi connectivity index (χ4v) is 3.80. The van der Waals surface area contributed by atoms with E-state index < -0.39 is 14.6 Å². The molecule has 2 atom stereocenters. The van der Waals surface area contributed by atoms with Crippen LogP contribution in [0, 0.1) is 17.2 Å². The van der Waals surface area contributed by atoms with Crippen LogP contribution in [-0.4, -0.2) is 13.2 Å². The maximum atomic E-state index is 12.2. The third-order valence-corrected chi connectivity index (χ3v) is 5.38. The first-order valence-corrected chi connectivity index (χ1v) is 6.40. The van der Waals surface area contributed by atoms with Gasteiger partial charge in [0.15, 0.2) is 14.6 Å². The summed E-state index contributed by atoms with van der Waals surface area (Å²) in [5.74, 6) is -0.247. The Labute approximate surface area is 94.9 Å². The molecule has 0 heterocycles. The van der Waals surface area contributed by atoms with Gasteiger partial charge in [-0.2, -0.15) is 5.26 Å². The van der Waals surface area contributed by atoms with Crippen LogP contribution < -0.4 is 0 Å². The quantitative estimate of drug-likeness (QED) is 0.749. The van der Waals surface area contributed by atoms with Gasteiger partial charge in [0.1, 0.15) is 0 Å². The molecule has 0 saturated heterocycles. The van der Waals surface area contributed by atoms with Crippen LogP contribution in [0.15, 0.2) is 47.9 Å². The SMILES string of the molecule is C=C[C@H]1C[C@]1(C#N)S(=O)(=O)c1ccccc1. The zero-order valence-electron chi connectivity index (χ0n) is 8.63. The maximum absolute atomic E-state index is 12.2. The van der Waals surface area contributed by atoms with Crippen molar-refractivity contribution >= 4 is 9.84 Å². The van der Waals surface area contributed by atoms with E-state index >= 15 is 0 Å². The molecule has 1 aliphatic carbocycles. The summed E-state index contributed by atoms with van der Waals surface area (Å²) in [7, 11) is -3.57. The summed E-state index contributed by atoms with van der Waals surface area (Å²) in [5.41, 5.74) is 0. The summed E-state index contributed by atoms with van der Waals surface area (Å²) in [4.78, 5) is 0.209. The second-order valence-electron chi connectivity index (χ2n) is 3.86. The lowest BCUT2D eigenvalue weighted by atomic mass is 10.3. The van der Waals surface area contributed by atoms with Crippen LogP contribution in [0.4, 0.5) is 0 Å². The minimum Gasteiger partial charge on any atom is -0.222 e. The van der Waals surface area contributed by atoms with Crippen molar-refractivity contribution in [2.45, 2.75) is 16.1 Å². The Hall–Kier alpha value is -1.60. The number of hydrogen-bond acceptors (Lipinski definition) is 3. The van der Waals surface area contributed by atoms with Gasteiger partial charge in [-0.05, 0) is 18.6 Å². The van der Waals surface area contributed by atoms with Crippen molar-refractivity contribution in [2.75, 3.05) is 0 Å². The molecule has 16 heavy (non-hydrogen) atoms. The molecule has 1 saturated carbocycles. The Morgan fingerprint density at radius 2 is 2.06 bits per heavy atom. The molecule has 1 fully saturated rings. The van der Waals surface area contributed by atoms with Crippen LogP contribution in [0.25, 0.3) is 0 Å². The minimum atomic E-state index is -3.57. The number of benzene rings is 1. The summed E-state index contributed by atoms with van der Waals surface area (Å²) in [6.45, 7) is 3.56. The minimum absolute atomic E-state index is 0.209. The van der Waals surface area contributed by atoms with Gasteiger partial charge in [-0.25, -0.2) is 8.42 Å². The first kappa shape index (κ1) is 10.9. The van der Waals surface area contributed by atoms with Crippen LogP contribution in [0.2, 0.25) is 0 Å². The molecule has 0 bridgehead atoms. The Kier molecular flexibility index (Phi) is 2.36. The third-order valence-electron chi connectivity index (χ3n) is 2.97. The predicted octanol–water partition coefficient (Wildman–Crippen LogP) is 1.93. The molecule has 0 spiro atoms. The summed E-state index contributed by atoms with van der Waals surface area (Å²) in [5, 5.41) is 9.08. The Bertz CT molecular complexity index is 556. The topological polar surface area (TPSA) is 57.9 Å². The maximum Gasteiger partial charge on any atom is 0.198 e. The second kappa shape index (κ2) is 3.46. The molecule has 82 valence electrons. The van der Waals surface area contributed by atoms with Crippen LogP contribution >= 0.6 is 0 Å². The number of sulfone groups is 1. The Balaban J connectivity index is 2.50. The monoisotopic (exact) mass is 233 g/mol. The van der Waals surface area contributed by atoms with Crippen molar-refractivity contribution in [3.63, 3.8) is 0 Å². The largest absolute Gasteiger partial charge is 0.222 e. The van der Waals surface area contributed by atoms with Gasteiger partial charge in [0, 0.05) is 5.92 Å². The van der Waals surface area contributed by atoms with E-state index in [1.54, 1.807) is 24.3 Å².